The molecule has 20 heavy (non-hydrogen) atoms. The van der Waals surface area contributed by atoms with Crippen molar-refractivity contribution in [2.24, 2.45) is 0 Å². The third-order valence-electron chi connectivity index (χ3n) is 3.67. The van der Waals surface area contributed by atoms with E-state index in [0.29, 0.717) is 30.4 Å². The average molecular weight is 295 g/mol. The topological polar surface area (TPSA) is 86.3 Å². The van der Waals surface area contributed by atoms with Crippen LogP contribution in [0.1, 0.15) is 19.8 Å². The smallest absolute Gasteiger partial charge is 0.245 e. The zero-order valence-electron chi connectivity index (χ0n) is 11.2. The first-order valence-electron chi connectivity index (χ1n) is 6.55. The van der Waals surface area contributed by atoms with E-state index in [4.69, 9.17) is 0 Å². The molecule has 1 atom stereocenters. The quantitative estimate of drug-likeness (QED) is 0.868. The van der Waals surface area contributed by atoms with Gasteiger partial charge in [0, 0.05) is 30.9 Å². The van der Waals surface area contributed by atoms with Crippen LogP contribution in [0.15, 0.2) is 29.4 Å². The number of nitrogens with one attached hydrogen (secondary N) is 1. The van der Waals surface area contributed by atoms with Crippen LogP contribution in [-0.4, -0.2) is 46.5 Å². The summed E-state index contributed by atoms with van der Waals surface area (Å²) in [5.74, 6) is 0. The van der Waals surface area contributed by atoms with Crippen LogP contribution in [0.25, 0.3) is 11.0 Å². The summed E-state index contributed by atoms with van der Waals surface area (Å²) in [6, 6.07) is 3.44. The second-order valence-electron chi connectivity index (χ2n) is 5.49. The fourth-order valence-electron chi connectivity index (χ4n) is 2.66. The van der Waals surface area contributed by atoms with E-state index in [-0.39, 0.29) is 11.4 Å². The summed E-state index contributed by atoms with van der Waals surface area (Å²) in [6.45, 7) is 2.24. The lowest BCUT2D eigenvalue weighted by atomic mass is 9.97. The Morgan fingerprint density at radius 3 is 3.05 bits per heavy atom. The predicted molar refractivity (Wildman–Crippen MR) is 74.7 cm³/mol. The number of aromatic nitrogens is 2. The van der Waals surface area contributed by atoms with Crippen LogP contribution in [0.5, 0.6) is 0 Å². The summed E-state index contributed by atoms with van der Waals surface area (Å²) < 4.78 is 26.8. The molecule has 0 bridgehead atoms. The average Bonchev–Trinajstić information content (AvgIpc) is 2.82. The molecule has 0 saturated carbocycles. The van der Waals surface area contributed by atoms with Gasteiger partial charge in [-0.05, 0) is 31.9 Å². The third-order valence-corrected chi connectivity index (χ3v) is 5.56. The Bertz CT molecular complexity index is 736. The van der Waals surface area contributed by atoms with Crippen molar-refractivity contribution in [1.29, 1.82) is 0 Å². The number of piperidine rings is 1. The summed E-state index contributed by atoms with van der Waals surface area (Å²) in [5, 5.41) is 10.7. The van der Waals surface area contributed by atoms with Crippen LogP contribution < -0.4 is 0 Å². The van der Waals surface area contributed by atoms with Crippen LogP contribution >= 0.6 is 0 Å². The summed E-state index contributed by atoms with van der Waals surface area (Å²) in [6.07, 6.45) is 4.36. The van der Waals surface area contributed by atoms with Gasteiger partial charge < -0.3 is 10.1 Å². The van der Waals surface area contributed by atoms with Crippen molar-refractivity contribution >= 4 is 21.1 Å². The standard InChI is InChI=1S/C13H17N3O3S/c1-13(17)5-3-7-16(9-13)20(18,19)11-8-15-12-10(11)4-2-6-14-12/h2,4,6,8,17H,3,5,7,9H2,1H3,(H,14,15). The molecule has 1 fully saturated rings. The van der Waals surface area contributed by atoms with Crippen LogP contribution in [0, 0.1) is 0 Å². The number of sulfonamides is 1. The van der Waals surface area contributed by atoms with Crippen molar-refractivity contribution in [3.8, 4) is 0 Å². The lowest BCUT2D eigenvalue weighted by Gasteiger charge is -2.35. The fourth-order valence-corrected chi connectivity index (χ4v) is 4.41. The molecular weight excluding hydrogens is 278 g/mol. The summed E-state index contributed by atoms with van der Waals surface area (Å²) in [7, 11) is -3.61. The normalized spacial score (nSPS) is 25.1. The monoisotopic (exact) mass is 295 g/mol. The van der Waals surface area contributed by atoms with Gasteiger partial charge >= 0.3 is 0 Å². The molecule has 1 aliphatic rings. The van der Waals surface area contributed by atoms with Gasteiger partial charge in [-0.25, -0.2) is 13.4 Å². The molecule has 0 radical (unpaired) electrons. The Kier molecular flexibility index (Phi) is 3.07. The first-order valence-corrected chi connectivity index (χ1v) is 7.99. The first kappa shape index (κ1) is 13.5. The molecule has 1 saturated heterocycles. The van der Waals surface area contributed by atoms with Gasteiger partial charge in [-0.3, -0.25) is 0 Å². The van der Waals surface area contributed by atoms with E-state index in [1.54, 1.807) is 25.3 Å². The van der Waals surface area contributed by atoms with E-state index >= 15 is 0 Å². The van der Waals surface area contributed by atoms with E-state index < -0.39 is 15.6 Å². The number of pyridine rings is 1. The van der Waals surface area contributed by atoms with E-state index in [1.807, 2.05) is 0 Å². The van der Waals surface area contributed by atoms with E-state index in [0.717, 1.165) is 0 Å². The minimum Gasteiger partial charge on any atom is -0.389 e. The zero-order chi connectivity index (χ0) is 14.4. The highest BCUT2D eigenvalue weighted by Crippen LogP contribution is 2.29. The van der Waals surface area contributed by atoms with Crippen molar-refractivity contribution in [2.75, 3.05) is 13.1 Å². The molecule has 1 unspecified atom stereocenters. The number of rotatable bonds is 2. The van der Waals surface area contributed by atoms with Gasteiger partial charge in [0.05, 0.1) is 5.60 Å². The zero-order valence-corrected chi connectivity index (χ0v) is 12.0. The largest absolute Gasteiger partial charge is 0.389 e. The maximum atomic E-state index is 12.7. The molecule has 0 aliphatic carbocycles. The molecule has 7 heteroatoms. The Hall–Kier alpha value is -1.44. The van der Waals surface area contributed by atoms with Gasteiger partial charge in [0.2, 0.25) is 10.0 Å². The molecular formula is C13H17N3O3S. The lowest BCUT2D eigenvalue weighted by Crippen LogP contribution is -2.48. The second kappa shape index (κ2) is 4.54. The van der Waals surface area contributed by atoms with Crippen LogP contribution in [-0.2, 0) is 10.0 Å². The van der Waals surface area contributed by atoms with E-state index in [9.17, 15) is 13.5 Å². The highest BCUT2D eigenvalue weighted by Gasteiger charge is 2.36. The van der Waals surface area contributed by atoms with Gasteiger partial charge in [-0.1, -0.05) is 0 Å². The van der Waals surface area contributed by atoms with Crippen molar-refractivity contribution in [3.63, 3.8) is 0 Å². The highest BCUT2D eigenvalue weighted by molar-refractivity contribution is 7.89. The highest BCUT2D eigenvalue weighted by atomic mass is 32.2. The maximum Gasteiger partial charge on any atom is 0.245 e. The number of fused-ring (bicyclic) bond motifs is 1. The summed E-state index contributed by atoms with van der Waals surface area (Å²) in [5.41, 5.74) is -0.412. The SMILES string of the molecule is CC1(O)CCCN(S(=O)(=O)c2c[nH]c3ncccc23)C1. The molecule has 2 aromatic heterocycles. The van der Waals surface area contributed by atoms with E-state index in [1.165, 1.54) is 10.5 Å². The summed E-state index contributed by atoms with van der Waals surface area (Å²) in [4.78, 5) is 7.20. The molecule has 3 heterocycles. The number of β-amino-alcohol motifs (C(OH)–C–C–N with tert-alkyl or cyclic N) is 1. The Balaban J connectivity index is 2.04. The minimum atomic E-state index is -3.61. The number of hydrogen-bond acceptors (Lipinski definition) is 4. The molecule has 1 aliphatic heterocycles. The number of aromatic amines is 1. The van der Waals surface area contributed by atoms with Crippen LogP contribution in [0.3, 0.4) is 0 Å². The molecule has 6 nitrogen and oxygen atoms in total. The predicted octanol–water partition coefficient (Wildman–Crippen LogP) is 1.10. The number of aliphatic hydroxyl groups is 1. The van der Waals surface area contributed by atoms with Gasteiger partial charge in [-0.15, -0.1) is 0 Å². The number of nitrogens with zero attached hydrogens (tertiary/aromatic N) is 2. The minimum absolute atomic E-state index is 0.127. The molecule has 108 valence electrons. The van der Waals surface area contributed by atoms with Crippen molar-refractivity contribution in [1.82, 2.24) is 14.3 Å². The Morgan fingerprint density at radius 1 is 1.50 bits per heavy atom. The molecule has 0 spiro atoms. The van der Waals surface area contributed by atoms with Gasteiger partial charge in [-0.2, -0.15) is 4.31 Å². The number of H-pyrrole nitrogens is 1. The molecule has 3 rings (SSSR count). The van der Waals surface area contributed by atoms with Crippen LogP contribution in [0.4, 0.5) is 0 Å². The summed E-state index contributed by atoms with van der Waals surface area (Å²) >= 11 is 0. The third kappa shape index (κ3) is 2.21. The van der Waals surface area contributed by atoms with Crippen LogP contribution in [0.2, 0.25) is 0 Å². The van der Waals surface area contributed by atoms with Crippen molar-refractivity contribution in [2.45, 2.75) is 30.3 Å². The lowest BCUT2D eigenvalue weighted by molar-refractivity contribution is 0.00942. The Labute approximate surface area is 117 Å². The van der Waals surface area contributed by atoms with Crippen molar-refractivity contribution in [3.05, 3.63) is 24.5 Å². The fraction of sp³-hybridized carbons (Fsp3) is 0.462. The number of hydrogen-bond donors (Lipinski definition) is 2. The van der Waals surface area contributed by atoms with Gasteiger partial charge in [0.15, 0.2) is 0 Å². The first-order chi connectivity index (χ1) is 9.40. The van der Waals surface area contributed by atoms with Gasteiger partial charge in [0.1, 0.15) is 10.5 Å². The molecule has 0 aromatic carbocycles. The molecule has 0 amide bonds. The Morgan fingerprint density at radius 2 is 2.30 bits per heavy atom. The molecule has 2 N–H and O–H groups in total. The molecule has 2 aromatic rings. The second-order valence-corrected chi connectivity index (χ2v) is 7.40. The van der Waals surface area contributed by atoms with Crippen molar-refractivity contribution < 1.29 is 13.5 Å². The maximum absolute atomic E-state index is 12.7. The van der Waals surface area contributed by atoms with E-state index in [2.05, 4.69) is 9.97 Å². The van der Waals surface area contributed by atoms with Gasteiger partial charge in [0.25, 0.3) is 0 Å².